The SMILES string of the molecule is CNCCc1noc(Cc2cccc(OC)c2)n1. The third kappa shape index (κ3) is 3.30. The van der Waals surface area contributed by atoms with Crippen LogP contribution in [0.3, 0.4) is 0 Å². The molecular weight excluding hydrogens is 230 g/mol. The van der Waals surface area contributed by atoms with E-state index in [0.29, 0.717) is 12.3 Å². The number of likely N-dealkylation sites (N-methyl/N-ethyl adjacent to an activating group) is 1. The molecule has 0 spiro atoms. The van der Waals surface area contributed by atoms with Gasteiger partial charge in [-0.15, -0.1) is 0 Å². The number of hydrogen-bond acceptors (Lipinski definition) is 5. The molecule has 0 unspecified atom stereocenters. The topological polar surface area (TPSA) is 60.2 Å². The number of ether oxygens (including phenoxy) is 1. The molecule has 0 radical (unpaired) electrons. The van der Waals surface area contributed by atoms with Crippen LogP contribution >= 0.6 is 0 Å². The summed E-state index contributed by atoms with van der Waals surface area (Å²) in [7, 11) is 3.55. The lowest BCUT2D eigenvalue weighted by Crippen LogP contribution is -2.11. The molecule has 0 aliphatic heterocycles. The van der Waals surface area contributed by atoms with Gasteiger partial charge in [0.05, 0.1) is 13.5 Å². The van der Waals surface area contributed by atoms with Crippen LogP contribution in [0.1, 0.15) is 17.3 Å². The maximum Gasteiger partial charge on any atom is 0.231 e. The van der Waals surface area contributed by atoms with Crippen LogP contribution in [0.2, 0.25) is 0 Å². The van der Waals surface area contributed by atoms with E-state index in [4.69, 9.17) is 9.26 Å². The summed E-state index contributed by atoms with van der Waals surface area (Å²) in [6, 6.07) is 7.85. The second-order valence-corrected chi connectivity index (χ2v) is 3.99. The summed E-state index contributed by atoms with van der Waals surface area (Å²) < 4.78 is 10.4. The Hall–Kier alpha value is -1.88. The van der Waals surface area contributed by atoms with Gasteiger partial charge in [-0.25, -0.2) is 0 Å². The van der Waals surface area contributed by atoms with Gasteiger partial charge in [0, 0.05) is 13.0 Å². The minimum atomic E-state index is 0.629. The van der Waals surface area contributed by atoms with Gasteiger partial charge in [0.25, 0.3) is 0 Å². The number of benzene rings is 1. The van der Waals surface area contributed by atoms with Crippen molar-refractivity contribution in [2.45, 2.75) is 12.8 Å². The maximum atomic E-state index is 5.21. The largest absolute Gasteiger partial charge is 0.497 e. The first-order valence-electron chi connectivity index (χ1n) is 5.91. The van der Waals surface area contributed by atoms with E-state index < -0.39 is 0 Å². The van der Waals surface area contributed by atoms with E-state index in [-0.39, 0.29) is 0 Å². The lowest BCUT2D eigenvalue weighted by molar-refractivity contribution is 0.378. The van der Waals surface area contributed by atoms with Crippen molar-refractivity contribution < 1.29 is 9.26 Å². The first kappa shape index (κ1) is 12.6. The van der Waals surface area contributed by atoms with E-state index in [2.05, 4.69) is 15.5 Å². The summed E-state index contributed by atoms with van der Waals surface area (Å²) in [4.78, 5) is 4.34. The molecule has 0 fully saturated rings. The second kappa shape index (κ2) is 6.16. The van der Waals surface area contributed by atoms with Crippen LogP contribution in [-0.2, 0) is 12.8 Å². The van der Waals surface area contributed by atoms with Crippen molar-refractivity contribution in [1.29, 1.82) is 0 Å². The van der Waals surface area contributed by atoms with Crippen LogP contribution in [0.15, 0.2) is 28.8 Å². The van der Waals surface area contributed by atoms with E-state index in [1.165, 1.54) is 0 Å². The molecule has 0 aliphatic carbocycles. The average Bonchev–Trinajstić information content (AvgIpc) is 2.84. The standard InChI is InChI=1S/C13H17N3O2/c1-14-7-6-12-15-13(18-16-12)9-10-4-3-5-11(8-10)17-2/h3-5,8,14H,6-7,9H2,1-2H3. The number of hydrogen-bond donors (Lipinski definition) is 1. The van der Waals surface area contributed by atoms with Crippen molar-refractivity contribution in [3.8, 4) is 5.75 Å². The molecule has 0 atom stereocenters. The smallest absolute Gasteiger partial charge is 0.231 e. The summed E-state index contributed by atoms with van der Waals surface area (Å²) in [6.07, 6.45) is 1.40. The van der Waals surface area contributed by atoms with Crippen LogP contribution in [-0.4, -0.2) is 30.8 Å². The molecule has 5 nitrogen and oxygen atoms in total. The van der Waals surface area contributed by atoms with Crippen molar-refractivity contribution in [2.75, 3.05) is 20.7 Å². The van der Waals surface area contributed by atoms with Gasteiger partial charge in [-0.2, -0.15) is 4.98 Å². The van der Waals surface area contributed by atoms with Crippen LogP contribution in [0.4, 0.5) is 0 Å². The zero-order chi connectivity index (χ0) is 12.8. The number of methoxy groups -OCH3 is 1. The Bertz CT molecular complexity index is 496. The predicted octanol–water partition coefficient (Wildman–Crippen LogP) is 1.43. The minimum Gasteiger partial charge on any atom is -0.497 e. The highest BCUT2D eigenvalue weighted by Gasteiger charge is 2.07. The Morgan fingerprint density at radius 1 is 1.39 bits per heavy atom. The van der Waals surface area contributed by atoms with Gasteiger partial charge < -0.3 is 14.6 Å². The number of rotatable bonds is 6. The van der Waals surface area contributed by atoms with Crippen LogP contribution < -0.4 is 10.1 Å². The van der Waals surface area contributed by atoms with Gasteiger partial charge in [0.2, 0.25) is 5.89 Å². The van der Waals surface area contributed by atoms with Crippen LogP contribution in [0, 0.1) is 0 Å². The molecule has 0 aliphatic rings. The van der Waals surface area contributed by atoms with Gasteiger partial charge >= 0.3 is 0 Å². The molecular formula is C13H17N3O2. The normalized spacial score (nSPS) is 10.6. The van der Waals surface area contributed by atoms with Gasteiger partial charge in [0.15, 0.2) is 5.82 Å². The predicted molar refractivity (Wildman–Crippen MR) is 67.7 cm³/mol. The number of nitrogens with zero attached hydrogens (tertiary/aromatic N) is 2. The molecule has 1 aromatic carbocycles. The maximum absolute atomic E-state index is 5.21. The third-order valence-corrected chi connectivity index (χ3v) is 2.60. The lowest BCUT2D eigenvalue weighted by atomic mass is 10.1. The molecule has 0 saturated carbocycles. The summed E-state index contributed by atoms with van der Waals surface area (Å²) in [5, 5.41) is 6.99. The zero-order valence-electron chi connectivity index (χ0n) is 10.6. The Morgan fingerprint density at radius 2 is 2.28 bits per heavy atom. The average molecular weight is 247 g/mol. The first-order valence-corrected chi connectivity index (χ1v) is 5.91. The Balaban J connectivity index is 2.01. The Labute approximate surface area is 106 Å². The Kier molecular flexibility index (Phi) is 4.30. The molecule has 18 heavy (non-hydrogen) atoms. The summed E-state index contributed by atoms with van der Waals surface area (Å²) >= 11 is 0. The van der Waals surface area contributed by atoms with E-state index in [1.807, 2.05) is 31.3 Å². The van der Waals surface area contributed by atoms with Gasteiger partial charge in [-0.05, 0) is 24.7 Å². The van der Waals surface area contributed by atoms with Gasteiger partial charge in [-0.3, -0.25) is 0 Å². The monoisotopic (exact) mass is 247 g/mol. The van der Waals surface area contributed by atoms with E-state index >= 15 is 0 Å². The molecule has 2 rings (SSSR count). The minimum absolute atomic E-state index is 0.629. The molecule has 96 valence electrons. The first-order chi connectivity index (χ1) is 8.81. The fourth-order valence-electron chi connectivity index (χ4n) is 1.66. The molecule has 1 N–H and O–H groups in total. The number of aromatic nitrogens is 2. The molecule has 5 heteroatoms. The fraction of sp³-hybridized carbons (Fsp3) is 0.385. The molecule has 1 heterocycles. The molecule has 0 saturated heterocycles. The highest BCUT2D eigenvalue weighted by molar-refractivity contribution is 5.29. The fourth-order valence-corrected chi connectivity index (χ4v) is 1.66. The van der Waals surface area contributed by atoms with Crippen molar-refractivity contribution in [1.82, 2.24) is 15.5 Å². The lowest BCUT2D eigenvalue weighted by Gasteiger charge is -2.01. The zero-order valence-corrected chi connectivity index (χ0v) is 10.6. The van der Waals surface area contributed by atoms with Crippen molar-refractivity contribution in [3.63, 3.8) is 0 Å². The van der Waals surface area contributed by atoms with E-state index in [1.54, 1.807) is 7.11 Å². The van der Waals surface area contributed by atoms with Crippen molar-refractivity contribution in [2.24, 2.45) is 0 Å². The third-order valence-electron chi connectivity index (χ3n) is 2.60. The highest BCUT2D eigenvalue weighted by atomic mass is 16.5. The van der Waals surface area contributed by atoms with Gasteiger partial charge in [0.1, 0.15) is 5.75 Å². The Morgan fingerprint density at radius 3 is 3.06 bits per heavy atom. The molecule has 1 aromatic heterocycles. The highest BCUT2D eigenvalue weighted by Crippen LogP contribution is 2.15. The van der Waals surface area contributed by atoms with Gasteiger partial charge in [-0.1, -0.05) is 17.3 Å². The van der Waals surface area contributed by atoms with Crippen LogP contribution in [0.5, 0.6) is 5.75 Å². The molecule has 0 amide bonds. The van der Waals surface area contributed by atoms with Crippen molar-refractivity contribution >= 4 is 0 Å². The molecule has 2 aromatic rings. The summed E-state index contributed by atoms with van der Waals surface area (Å²) in [5.41, 5.74) is 1.10. The summed E-state index contributed by atoms with van der Waals surface area (Å²) in [6.45, 7) is 0.845. The van der Waals surface area contributed by atoms with Crippen molar-refractivity contribution in [3.05, 3.63) is 41.5 Å². The van der Waals surface area contributed by atoms with Crippen LogP contribution in [0.25, 0.3) is 0 Å². The van der Waals surface area contributed by atoms with E-state index in [0.717, 1.165) is 30.1 Å². The summed E-state index contributed by atoms with van der Waals surface area (Å²) in [5.74, 6) is 2.21. The van der Waals surface area contributed by atoms with E-state index in [9.17, 15) is 0 Å². The second-order valence-electron chi connectivity index (χ2n) is 3.99. The molecule has 0 bridgehead atoms. The number of nitrogens with one attached hydrogen (secondary N) is 1. The quantitative estimate of drug-likeness (QED) is 0.836.